The maximum absolute atomic E-state index is 4.46. The smallest absolute Gasteiger partial charge is 0.225 e. The van der Waals surface area contributed by atoms with E-state index in [1.165, 1.54) is 12.8 Å². The summed E-state index contributed by atoms with van der Waals surface area (Å²) in [6, 6.07) is 0.487. The first-order valence-electron chi connectivity index (χ1n) is 6.96. The van der Waals surface area contributed by atoms with E-state index in [0.29, 0.717) is 6.04 Å². The molecule has 0 atom stereocenters. The molecule has 4 heteroatoms. The average Bonchev–Trinajstić information content (AvgIpc) is 2.38. The van der Waals surface area contributed by atoms with Gasteiger partial charge in [0.15, 0.2) is 0 Å². The van der Waals surface area contributed by atoms with Gasteiger partial charge in [-0.3, -0.25) is 0 Å². The number of unbranched alkanes of at least 4 members (excludes halogenated alkanes) is 1. The Morgan fingerprint density at radius 1 is 1.22 bits per heavy atom. The lowest BCUT2D eigenvalue weighted by molar-refractivity contribution is 0.586. The molecule has 1 N–H and O–H groups in total. The molecule has 4 nitrogen and oxygen atoms in total. The molecule has 0 saturated carbocycles. The van der Waals surface area contributed by atoms with Gasteiger partial charge in [0.05, 0.1) is 0 Å². The van der Waals surface area contributed by atoms with E-state index >= 15 is 0 Å². The molecular formula is C14H26N4. The number of aromatic nitrogens is 2. The minimum absolute atomic E-state index is 0.487. The highest BCUT2D eigenvalue weighted by atomic mass is 15.2. The summed E-state index contributed by atoms with van der Waals surface area (Å²) in [4.78, 5) is 11.1. The number of nitrogens with one attached hydrogen (secondary N) is 1. The Kier molecular flexibility index (Phi) is 6.65. The third kappa shape index (κ3) is 5.00. The van der Waals surface area contributed by atoms with Gasteiger partial charge in [-0.15, -0.1) is 0 Å². The van der Waals surface area contributed by atoms with Gasteiger partial charge in [0.1, 0.15) is 0 Å². The molecule has 0 amide bonds. The van der Waals surface area contributed by atoms with Gasteiger partial charge in [0.2, 0.25) is 5.95 Å². The first-order chi connectivity index (χ1) is 8.67. The van der Waals surface area contributed by atoms with E-state index in [9.17, 15) is 0 Å². The van der Waals surface area contributed by atoms with Gasteiger partial charge < -0.3 is 10.2 Å². The number of nitrogens with zero attached hydrogens (tertiary/aromatic N) is 3. The molecule has 0 aliphatic rings. The monoisotopic (exact) mass is 250 g/mol. The second kappa shape index (κ2) is 8.03. The van der Waals surface area contributed by atoms with Crippen molar-refractivity contribution in [3.63, 3.8) is 0 Å². The van der Waals surface area contributed by atoms with Crippen LogP contribution in [0.5, 0.6) is 0 Å². The summed E-state index contributed by atoms with van der Waals surface area (Å²) >= 11 is 0. The lowest BCUT2D eigenvalue weighted by atomic mass is 10.3. The fourth-order valence-electron chi connectivity index (χ4n) is 1.67. The van der Waals surface area contributed by atoms with Crippen molar-refractivity contribution in [2.45, 2.75) is 53.1 Å². The van der Waals surface area contributed by atoms with Crippen LogP contribution in [0.2, 0.25) is 0 Å². The average molecular weight is 250 g/mol. The summed E-state index contributed by atoms with van der Waals surface area (Å²) in [6.07, 6.45) is 6.24. The molecule has 102 valence electrons. The Morgan fingerprint density at radius 3 is 2.39 bits per heavy atom. The van der Waals surface area contributed by atoms with Crippen LogP contribution in [0.1, 0.15) is 46.1 Å². The zero-order valence-electron chi connectivity index (χ0n) is 12.1. The second-order valence-corrected chi connectivity index (χ2v) is 4.86. The van der Waals surface area contributed by atoms with Crippen LogP contribution < -0.4 is 10.2 Å². The van der Waals surface area contributed by atoms with Gasteiger partial charge in [0.25, 0.3) is 0 Å². The highest BCUT2D eigenvalue weighted by molar-refractivity contribution is 5.29. The van der Waals surface area contributed by atoms with Crippen LogP contribution in [-0.2, 0) is 6.54 Å². The zero-order valence-corrected chi connectivity index (χ0v) is 12.1. The molecule has 18 heavy (non-hydrogen) atoms. The minimum atomic E-state index is 0.487. The van der Waals surface area contributed by atoms with Crippen molar-refractivity contribution in [1.29, 1.82) is 0 Å². The molecule has 1 aromatic rings. The standard InChI is InChI=1S/C14H26N4/c1-5-7-8-18(6-2)14-16-10-13(11-17-14)9-15-12(3)4/h10-12,15H,5-9H2,1-4H3. The van der Waals surface area contributed by atoms with Crippen molar-refractivity contribution in [2.24, 2.45) is 0 Å². The summed E-state index contributed by atoms with van der Waals surface area (Å²) in [5.74, 6) is 0.847. The molecule has 0 aliphatic carbocycles. The van der Waals surface area contributed by atoms with Crippen LogP contribution in [0, 0.1) is 0 Å². The molecule has 0 saturated heterocycles. The van der Waals surface area contributed by atoms with Crippen molar-refractivity contribution in [3.05, 3.63) is 18.0 Å². The predicted octanol–water partition coefficient (Wildman–Crippen LogP) is 2.60. The molecule has 0 radical (unpaired) electrons. The number of anilines is 1. The van der Waals surface area contributed by atoms with E-state index in [1.54, 1.807) is 0 Å². The van der Waals surface area contributed by atoms with Crippen LogP contribution in [0.25, 0.3) is 0 Å². The fraction of sp³-hybridized carbons (Fsp3) is 0.714. The number of hydrogen-bond acceptors (Lipinski definition) is 4. The molecule has 0 aliphatic heterocycles. The highest BCUT2D eigenvalue weighted by Gasteiger charge is 2.06. The van der Waals surface area contributed by atoms with Crippen LogP contribution >= 0.6 is 0 Å². The van der Waals surface area contributed by atoms with E-state index in [2.05, 4.69) is 47.9 Å². The summed E-state index contributed by atoms with van der Waals surface area (Å²) in [5.41, 5.74) is 1.14. The molecule has 1 heterocycles. The Balaban J connectivity index is 2.57. The third-order valence-electron chi connectivity index (χ3n) is 2.85. The Hall–Kier alpha value is -1.16. The predicted molar refractivity (Wildman–Crippen MR) is 76.8 cm³/mol. The molecular weight excluding hydrogens is 224 g/mol. The molecule has 0 aromatic carbocycles. The molecule has 0 unspecified atom stereocenters. The van der Waals surface area contributed by atoms with Gasteiger partial charge >= 0.3 is 0 Å². The Morgan fingerprint density at radius 2 is 1.89 bits per heavy atom. The topological polar surface area (TPSA) is 41.1 Å². The van der Waals surface area contributed by atoms with Crippen LogP contribution in [0.4, 0.5) is 5.95 Å². The first-order valence-corrected chi connectivity index (χ1v) is 6.96. The lowest BCUT2D eigenvalue weighted by Gasteiger charge is -2.20. The molecule has 0 bridgehead atoms. The van der Waals surface area contributed by atoms with Crippen molar-refractivity contribution >= 4 is 5.95 Å². The van der Waals surface area contributed by atoms with Gasteiger partial charge in [0, 0.05) is 43.6 Å². The molecule has 0 fully saturated rings. The first kappa shape index (κ1) is 14.9. The van der Waals surface area contributed by atoms with E-state index in [-0.39, 0.29) is 0 Å². The zero-order chi connectivity index (χ0) is 13.4. The van der Waals surface area contributed by atoms with Crippen molar-refractivity contribution < 1.29 is 0 Å². The van der Waals surface area contributed by atoms with Gasteiger partial charge in [-0.2, -0.15) is 0 Å². The van der Waals surface area contributed by atoms with E-state index in [0.717, 1.165) is 31.1 Å². The highest BCUT2D eigenvalue weighted by Crippen LogP contribution is 2.08. The Labute approximate surface area is 111 Å². The maximum atomic E-state index is 4.46. The van der Waals surface area contributed by atoms with Crippen LogP contribution in [0.15, 0.2) is 12.4 Å². The Bertz CT molecular complexity index is 321. The van der Waals surface area contributed by atoms with Gasteiger partial charge in [-0.05, 0) is 13.3 Å². The summed E-state index contributed by atoms with van der Waals surface area (Å²) in [5, 5.41) is 3.37. The summed E-state index contributed by atoms with van der Waals surface area (Å²) in [7, 11) is 0. The van der Waals surface area contributed by atoms with Crippen molar-refractivity contribution in [1.82, 2.24) is 15.3 Å². The van der Waals surface area contributed by atoms with Crippen molar-refractivity contribution in [3.8, 4) is 0 Å². The van der Waals surface area contributed by atoms with E-state index in [4.69, 9.17) is 0 Å². The van der Waals surface area contributed by atoms with E-state index < -0.39 is 0 Å². The summed E-state index contributed by atoms with van der Waals surface area (Å²) < 4.78 is 0. The quantitative estimate of drug-likeness (QED) is 0.770. The normalized spacial score (nSPS) is 10.9. The SMILES string of the molecule is CCCCN(CC)c1ncc(CNC(C)C)cn1. The fourth-order valence-corrected chi connectivity index (χ4v) is 1.67. The molecule has 1 rings (SSSR count). The minimum Gasteiger partial charge on any atom is -0.341 e. The summed E-state index contributed by atoms with van der Waals surface area (Å²) in [6.45, 7) is 11.5. The number of hydrogen-bond donors (Lipinski definition) is 1. The number of rotatable bonds is 8. The van der Waals surface area contributed by atoms with Gasteiger partial charge in [-0.25, -0.2) is 9.97 Å². The lowest BCUT2D eigenvalue weighted by Crippen LogP contribution is -2.26. The van der Waals surface area contributed by atoms with Crippen molar-refractivity contribution in [2.75, 3.05) is 18.0 Å². The van der Waals surface area contributed by atoms with Gasteiger partial charge in [-0.1, -0.05) is 27.2 Å². The maximum Gasteiger partial charge on any atom is 0.225 e. The molecule has 0 spiro atoms. The third-order valence-corrected chi connectivity index (χ3v) is 2.85. The second-order valence-electron chi connectivity index (χ2n) is 4.86. The van der Waals surface area contributed by atoms with E-state index in [1.807, 2.05) is 12.4 Å². The van der Waals surface area contributed by atoms with Crippen LogP contribution in [-0.4, -0.2) is 29.1 Å². The molecule has 1 aromatic heterocycles. The largest absolute Gasteiger partial charge is 0.341 e. The van der Waals surface area contributed by atoms with Crippen LogP contribution in [0.3, 0.4) is 0 Å².